The molecular weight excluding hydrogens is 220 g/mol. The minimum absolute atomic E-state index is 0.105. The minimum Gasteiger partial charge on any atom is -0.450 e. The zero-order chi connectivity index (χ0) is 12.9. The molecule has 1 unspecified atom stereocenters. The summed E-state index contributed by atoms with van der Waals surface area (Å²) in [5.74, 6) is 0. The summed E-state index contributed by atoms with van der Waals surface area (Å²) >= 11 is 0. The molecule has 0 heterocycles. The van der Waals surface area contributed by atoms with Crippen LogP contribution in [0.15, 0.2) is 0 Å². The molecule has 0 spiro atoms. The normalized spacial score (nSPS) is 12.4. The van der Waals surface area contributed by atoms with Crippen LogP contribution in [-0.2, 0) is 4.74 Å². The molecule has 0 rings (SSSR count). The lowest BCUT2D eigenvalue weighted by Gasteiger charge is -2.09. The van der Waals surface area contributed by atoms with E-state index in [1.807, 2.05) is 0 Å². The predicted molar refractivity (Wildman–Crippen MR) is 67.2 cm³/mol. The molecule has 0 aromatic rings. The van der Waals surface area contributed by atoms with Crippen molar-refractivity contribution in [1.29, 1.82) is 0 Å². The molecule has 0 saturated carbocycles. The highest BCUT2D eigenvalue weighted by Gasteiger charge is 2.06. The summed E-state index contributed by atoms with van der Waals surface area (Å²) in [4.78, 5) is 10.1. The van der Waals surface area contributed by atoms with E-state index < -0.39 is 12.3 Å². The maximum atomic E-state index is 10.1. The van der Waals surface area contributed by atoms with Crippen LogP contribution in [0.25, 0.3) is 0 Å². The van der Waals surface area contributed by atoms with Gasteiger partial charge in [-0.2, -0.15) is 0 Å². The van der Waals surface area contributed by atoms with E-state index in [1.165, 1.54) is 38.5 Å². The quantitative estimate of drug-likeness (QED) is 0.432. The second-order valence-electron chi connectivity index (χ2n) is 4.49. The lowest BCUT2D eigenvalue weighted by atomic mass is 10.1. The fourth-order valence-corrected chi connectivity index (χ4v) is 1.76. The van der Waals surface area contributed by atoms with Crippen LogP contribution in [0.2, 0.25) is 0 Å². The van der Waals surface area contributed by atoms with Crippen LogP contribution in [0.1, 0.15) is 64.7 Å². The number of ether oxygens (including phenoxy) is 1. The van der Waals surface area contributed by atoms with E-state index in [0.29, 0.717) is 6.42 Å². The maximum absolute atomic E-state index is 10.1. The summed E-state index contributed by atoms with van der Waals surface area (Å²) in [6.07, 6.45) is 8.41. The number of unbranched alkanes of at least 4 members (excludes halogenated alkanes) is 7. The van der Waals surface area contributed by atoms with E-state index in [4.69, 9.17) is 5.11 Å². The van der Waals surface area contributed by atoms with Crippen molar-refractivity contribution < 1.29 is 19.7 Å². The van der Waals surface area contributed by atoms with Gasteiger partial charge < -0.3 is 14.9 Å². The Labute approximate surface area is 104 Å². The number of aliphatic hydroxyl groups excluding tert-OH is 1. The molecule has 0 bridgehead atoms. The summed E-state index contributed by atoms with van der Waals surface area (Å²) in [5, 5.41) is 17.6. The fraction of sp³-hybridized carbons (Fsp3) is 0.923. The zero-order valence-corrected chi connectivity index (χ0v) is 10.9. The van der Waals surface area contributed by atoms with Crippen molar-refractivity contribution in [1.82, 2.24) is 0 Å². The molecule has 1 atom stereocenters. The minimum atomic E-state index is -1.32. The van der Waals surface area contributed by atoms with Gasteiger partial charge in [0.2, 0.25) is 0 Å². The molecule has 4 nitrogen and oxygen atoms in total. The van der Waals surface area contributed by atoms with E-state index in [-0.39, 0.29) is 6.61 Å². The molecule has 0 aliphatic carbocycles. The molecule has 2 N–H and O–H groups in total. The second kappa shape index (κ2) is 11.7. The van der Waals surface area contributed by atoms with Crippen LogP contribution >= 0.6 is 0 Å². The third-order valence-electron chi connectivity index (χ3n) is 2.79. The first-order valence-corrected chi connectivity index (χ1v) is 6.70. The highest BCUT2D eigenvalue weighted by molar-refractivity contribution is 5.56. The number of aliphatic hydroxyl groups is 1. The second-order valence-corrected chi connectivity index (χ2v) is 4.49. The van der Waals surface area contributed by atoms with Crippen LogP contribution in [0.4, 0.5) is 4.79 Å². The number of carboxylic acid groups (broad SMARTS) is 1. The van der Waals surface area contributed by atoms with E-state index >= 15 is 0 Å². The van der Waals surface area contributed by atoms with Crippen molar-refractivity contribution in [3.05, 3.63) is 0 Å². The van der Waals surface area contributed by atoms with Crippen molar-refractivity contribution >= 4 is 6.16 Å². The van der Waals surface area contributed by atoms with Gasteiger partial charge in [-0.15, -0.1) is 0 Å². The van der Waals surface area contributed by atoms with Crippen molar-refractivity contribution in [2.75, 3.05) is 6.61 Å². The molecule has 0 aromatic heterocycles. The Morgan fingerprint density at radius 1 is 1.06 bits per heavy atom. The summed E-state index contributed by atoms with van der Waals surface area (Å²) in [5.41, 5.74) is 0. The Hall–Kier alpha value is -0.770. The third kappa shape index (κ3) is 13.2. The van der Waals surface area contributed by atoms with E-state index in [2.05, 4.69) is 11.7 Å². The highest BCUT2D eigenvalue weighted by Crippen LogP contribution is 2.10. The zero-order valence-electron chi connectivity index (χ0n) is 10.9. The summed E-state index contributed by atoms with van der Waals surface area (Å²) in [7, 11) is 0. The summed E-state index contributed by atoms with van der Waals surface area (Å²) in [6.45, 7) is 2.10. The first-order chi connectivity index (χ1) is 8.16. The average Bonchev–Trinajstić information content (AvgIpc) is 2.30. The molecule has 0 aliphatic rings. The van der Waals surface area contributed by atoms with Crippen molar-refractivity contribution in [2.45, 2.75) is 70.8 Å². The number of hydrogen-bond donors (Lipinski definition) is 2. The van der Waals surface area contributed by atoms with Gasteiger partial charge in [0.1, 0.15) is 6.61 Å². The monoisotopic (exact) mass is 246 g/mol. The smallest absolute Gasteiger partial charge is 0.450 e. The molecule has 0 radical (unpaired) electrons. The lowest BCUT2D eigenvalue weighted by molar-refractivity contribution is 0.0356. The average molecular weight is 246 g/mol. The fourth-order valence-electron chi connectivity index (χ4n) is 1.76. The number of rotatable bonds is 11. The Morgan fingerprint density at radius 2 is 1.59 bits per heavy atom. The Morgan fingerprint density at radius 3 is 2.12 bits per heavy atom. The largest absolute Gasteiger partial charge is 0.505 e. The summed E-state index contributed by atoms with van der Waals surface area (Å²) in [6, 6.07) is 0. The van der Waals surface area contributed by atoms with Crippen LogP contribution < -0.4 is 0 Å². The molecule has 0 fully saturated rings. The Bertz CT molecular complexity index is 182. The van der Waals surface area contributed by atoms with Crippen LogP contribution in [0, 0.1) is 0 Å². The van der Waals surface area contributed by atoms with Crippen LogP contribution in [0.5, 0.6) is 0 Å². The predicted octanol–water partition coefficient (Wildman–Crippen LogP) is 3.57. The van der Waals surface area contributed by atoms with Crippen LogP contribution in [0.3, 0.4) is 0 Å². The van der Waals surface area contributed by atoms with E-state index in [9.17, 15) is 9.90 Å². The molecular formula is C13H26O4. The SMILES string of the molecule is CCCCCCCCCCC(O)COC(=O)O. The molecule has 17 heavy (non-hydrogen) atoms. The van der Waals surface area contributed by atoms with Crippen LogP contribution in [-0.4, -0.2) is 29.1 Å². The highest BCUT2D eigenvalue weighted by atomic mass is 16.7. The first kappa shape index (κ1) is 16.2. The molecule has 102 valence electrons. The van der Waals surface area contributed by atoms with Gasteiger partial charge in [-0.3, -0.25) is 0 Å². The van der Waals surface area contributed by atoms with Crippen molar-refractivity contribution in [3.8, 4) is 0 Å². The number of hydrogen-bond acceptors (Lipinski definition) is 3. The van der Waals surface area contributed by atoms with Gasteiger partial charge in [-0.25, -0.2) is 4.79 Å². The van der Waals surface area contributed by atoms with Gasteiger partial charge >= 0.3 is 6.16 Å². The summed E-state index contributed by atoms with van der Waals surface area (Å²) < 4.78 is 4.29. The molecule has 0 aliphatic heterocycles. The van der Waals surface area contributed by atoms with Gasteiger partial charge in [-0.1, -0.05) is 58.3 Å². The lowest BCUT2D eigenvalue weighted by Crippen LogP contribution is -2.17. The van der Waals surface area contributed by atoms with Crippen molar-refractivity contribution in [2.24, 2.45) is 0 Å². The van der Waals surface area contributed by atoms with E-state index in [0.717, 1.165) is 12.8 Å². The topological polar surface area (TPSA) is 66.8 Å². The molecule has 4 heteroatoms. The maximum Gasteiger partial charge on any atom is 0.505 e. The van der Waals surface area contributed by atoms with Gasteiger partial charge in [0.05, 0.1) is 6.10 Å². The number of carbonyl (C=O) groups is 1. The third-order valence-corrected chi connectivity index (χ3v) is 2.79. The molecule has 0 saturated heterocycles. The van der Waals surface area contributed by atoms with Gasteiger partial charge in [0.15, 0.2) is 0 Å². The van der Waals surface area contributed by atoms with Gasteiger partial charge in [0.25, 0.3) is 0 Å². The first-order valence-electron chi connectivity index (χ1n) is 6.70. The Kier molecular flexibility index (Phi) is 11.2. The van der Waals surface area contributed by atoms with Gasteiger partial charge in [0, 0.05) is 0 Å². The van der Waals surface area contributed by atoms with Gasteiger partial charge in [-0.05, 0) is 6.42 Å². The molecule has 0 amide bonds. The Balaban J connectivity index is 3.13. The van der Waals surface area contributed by atoms with Crippen molar-refractivity contribution in [3.63, 3.8) is 0 Å². The van der Waals surface area contributed by atoms with E-state index in [1.54, 1.807) is 0 Å². The standard InChI is InChI=1S/C13H26O4/c1-2-3-4-5-6-7-8-9-10-12(14)11-17-13(15)16/h12,14H,2-11H2,1H3,(H,15,16). The molecule has 0 aromatic carbocycles.